The SMILES string of the molecule is CCCCNc1ncc(C(=O)NCCc2ccc(OC)cc2)cn1. The molecule has 24 heavy (non-hydrogen) atoms. The molecule has 0 unspecified atom stereocenters. The fraction of sp³-hybridized carbons (Fsp3) is 0.389. The molecule has 0 saturated carbocycles. The Morgan fingerprint density at radius 1 is 1.12 bits per heavy atom. The number of aromatic nitrogens is 2. The fourth-order valence-electron chi connectivity index (χ4n) is 2.13. The van der Waals surface area contributed by atoms with Crippen LogP contribution in [0.4, 0.5) is 5.95 Å². The van der Waals surface area contributed by atoms with E-state index in [9.17, 15) is 4.79 Å². The van der Waals surface area contributed by atoms with Gasteiger partial charge in [-0.1, -0.05) is 25.5 Å². The van der Waals surface area contributed by atoms with Crippen molar-refractivity contribution in [1.29, 1.82) is 0 Å². The van der Waals surface area contributed by atoms with E-state index in [0.29, 0.717) is 18.1 Å². The summed E-state index contributed by atoms with van der Waals surface area (Å²) in [5.41, 5.74) is 1.61. The first-order chi connectivity index (χ1) is 11.7. The highest BCUT2D eigenvalue weighted by atomic mass is 16.5. The number of carbonyl (C=O) groups excluding carboxylic acids is 1. The lowest BCUT2D eigenvalue weighted by molar-refractivity contribution is 0.0953. The zero-order valence-electron chi connectivity index (χ0n) is 14.2. The number of hydrogen-bond donors (Lipinski definition) is 2. The zero-order chi connectivity index (χ0) is 17.2. The summed E-state index contributed by atoms with van der Waals surface area (Å²) in [5.74, 6) is 1.22. The summed E-state index contributed by atoms with van der Waals surface area (Å²) >= 11 is 0. The van der Waals surface area contributed by atoms with Gasteiger partial charge in [-0.25, -0.2) is 9.97 Å². The summed E-state index contributed by atoms with van der Waals surface area (Å²) in [6.45, 7) is 3.52. The number of benzene rings is 1. The van der Waals surface area contributed by atoms with Crippen LogP contribution in [0.3, 0.4) is 0 Å². The highest BCUT2D eigenvalue weighted by molar-refractivity contribution is 5.93. The quantitative estimate of drug-likeness (QED) is 0.692. The van der Waals surface area contributed by atoms with E-state index >= 15 is 0 Å². The van der Waals surface area contributed by atoms with Crippen LogP contribution in [-0.4, -0.2) is 36.1 Å². The van der Waals surface area contributed by atoms with Gasteiger partial charge in [-0.05, 0) is 30.5 Å². The molecule has 0 radical (unpaired) electrons. The minimum Gasteiger partial charge on any atom is -0.497 e. The zero-order valence-corrected chi connectivity index (χ0v) is 14.2. The molecule has 1 heterocycles. The Balaban J connectivity index is 1.77. The highest BCUT2D eigenvalue weighted by Gasteiger charge is 2.06. The molecule has 0 spiro atoms. The molecule has 2 N–H and O–H groups in total. The predicted molar refractivity (Wildman–Crippen MR) is 94.5 cm³/mol. The minimum atomic E-state index is -0.163. The standard InChI is InChI=1S/C18H24N4O2/c1-3-4-10-20-18-21-12-15(13-22-18)17(23)19-11-9-14-5-7-16(24-2)8-6-14/h5-8,12-13H,3-4,9-11H2,1-2H3,(H,19,23)(H,20,21,22). The van der Waals surface area contributed by atoms with Gasteiger partial charge in [-0.15, -0.1) is 0 Å². The third kappa shape index (κ3) is 5.53. The maximum Gasteiger partial charge on any atom is 0.254 e. The molecule has 0 saturated heterocycles. The molecule has 6 nitrogen and oxygen atoms in total. The van der Waals surface area contributed by atoms with Gasteiger partial charge in [0, 0.05) is 25.5 Å². The van der Waals surface area contributed by atoms with Gasteiger partial charge in [-0.3, -0.25) is 4.79 Å². The van der Waals surface area contributed by atoms with Gasteiger partial charge in [0.15, 0.2) is 0 Å². The lowest BCUT2D eigenvalue weighted by Crippen LogP contribution is -2.26. The van der Waals surface area contributed by atoms with Crippen LogP contribution in [0.15, 0.2) is 36.7 Å². The normalized spacial score (nSPS) is 10.2. The average Bonchev–Trinajstić information content (AvgIpc) is 2.63. The van der Waals surface area contributed by atoms with E-state index in [4.69, 9.17) is 4.74 Å². The number of nitrogens with zero attached hydrogens (tertiary/aromatic N) is 2. The van der Waals surface area contributed by atoms with Gasteiger partial charge in [-0.2, -0.15) is 0 Å². The maximum absolute atomic E-state index is 12.1. The van der Waals surface area contributed by atoms with Gasteiger partial charge >= 0.3 is 0 Å². The van der Waals surface area contributed by atoms with Gasteiger partial charge < -0.3 is 15.4 Å². The van der Waals surface area contributed by atoms with Crippen molar-refractivity contribution in [1.82, 2.24) is 15.3 Å². The van der Waals surface area contributed by atoms with Crippen molar-refractivity contribution in [2.24, 2.45) is 0 Å². The Labute approximate surface area is 142 Å². The van der Waals surface area contributed by atoms with E-state index in [1.165, 1.54) is 0 Å². The third-order valence-electron chi connectivity index (χ3n) is 3.59. The smallest absolute Gasteiger partial charge is 0.254 e. The molecule has 2 rings (SSSR count). The van der Waals surface area contributed by atoms with Crippen molar-refractivity contribution >= 4 is 11.9 Å². The first-order valence-electron chi connectivity index (χ1n) is 8.20. The molecule has 0 aliphatic carbocycles. The predicted octanol–water partition coefficient (Wildman–Crippen LogP) is 2.67. The van der Waals surface area contributed by atoms with E-state index in [-0.39, 0.29) is 5.91 Å². The molecule has 0 bridgehead atoms. The Morgan fingerprint density at radius 3 is 2.46 bits per heavy atom. The van der Waals surface area contributed by atoms with E-state index in [1.54, 1.807) is 19.5 Å². The summed E-state index contributed by atoms with van der Waals surface area (Å²) in [4.78, 5) is 20.4. The minimum absolute atomic E-state index is 0.163. The molecule has 1 aromatic carbocycles. The van der Waals surface area contributed by atoms with E-state index in [1.807, 2.05) is 24.3 Å². The average molecular weight is 328 g/mol. The molecular weight excluding hydrogens is 304 g/mol. The number of methoxy groups -OCH3 is 1. The van der Waals surface area contributed by atoms with Crippen LogP contribution in [0, 0.1) is 0 Å². The van der Waals surface area contributed by atoms with Crippen LogP contribution >= 0.6 is 0 Å². The number of nitrogens with one attached hydrogen (secondary N) is 2. The van der Waals surface area contributed by atoms with Crippen LogP contribution in [0.2, 0.25) is 0 Å². The van der Waals surface area contributed by atoms with Crippen molar-refractivity contribution in [2.45, 2.75) is 26.2 Å². The number of unbranched alkanes of at least 4 members (excludes halogenated alkanes) is 1. The number of carbonyl (C=O) groups is 1. The molecule has 0 aliphatic heterocycles. The number of amides is 1. The van der Waals surface area contributed by atoms with Crippen molar-refractivity contribution in [2.75, 3.05) is 25.5 Å². The van der Waals surface area contributed by atoms with Crippen molar-refractivity contribution < 1.29 is 9.53 Å². The summed E-state index contributed by atoms with van der Waals surface area (Å²) in [5, 5.41) is 6.00. The Bertz CT molecular complexity index is 626. The molecule has 0 fully saturated rings. The van der Waals surface area contributed by atoms with Crippen molar-refractivity contribution in [3.05, 3.63) is 47.8 Å². The first kappa shape index (κ1) is 17.7. The van der Waals surface area contributed by atoms with Gasteiger partial charge in [0.1, 0.15) is 5.75 Å². The van der Waals surface area contributed by atoms with Crippen molar-refractivity contribution in [3.8, 4) is 5.75 Å². The largest absolute Gasteiger partial charge is 0.497 e. The summed E-state index contributed by atoms with van der Waals surface area (Å²) in [6.07, 6.45) is 6.03. The molecule has 0 aliphatic rings. The lowest BCUT2D eigenvalue weighted by atomic mass is 10.1. The first-order valence-corrected chi connectivity index (χ1v) is 8.20. The Hall–Kier alpha value is -2.63. The van der Waals surface area contributed by atoms with Crippen molar-refractivity contribution in [3.63, 3.8) is 0 Å². The monoisotopic (exact) mass is 328 g/mol. The summed E-state index contributed by atoms with van der Waals surface area (Å²) in [7, 11) is 1.64. The van der Waals surface area contributed by atoms with Gasteiger partial charge in [0.25, 0.3) is 5.91 Å². The Morgan fingerprint density at radius 2 is 1.83 bits per heavy atom. The third-order valence-corrected chi connectivity index (χ3v) is 3.59. The second-order valence-electron chi connectivity index (χ2n) is 5.43. The van der Waals surface area contributed by atoms with Gasteiger partial charge in [0.05, 0.1) is 12.7 Å². The van der Waals surface area contributed by atoms with Crippen LogP contribution in [0.5, 0.6) is 5.75 Å². The topological polar surface area (TPSA) is 76.1 Å². The Kier molecular flexibility index (Phi) is 7.01. The second kappa shape index (κ2) is 9.50. The van der Waals surface area contributed by atoms with E-state index < -0.39 is 0 Å². The van der Waals surface area contributed by atoms with E-state index in [2.05, 4.69) is 27.5 Å². The number of rotatable bonds is 9. The maximum atomic E-state index is 12.1. The highest BCUT2D eigenvalue weighted by Crippen LogP contribution is 2.11. The number of hydrogen-bond acceptors (Lipinski definition) is 5. The summed E-state index contributed by atoms with van der Waals surface area (Å²) in [6, 6.07) is 7.81. The lowest BCUT2D eigenvalue weighted by Gasteiger charge is -2.07. The second-order valence-corrected chi connectivity index (χ2v) is 5.43. The summed E-state index contributed by atoms with van der Waals surface area (Å²) < 4.78 is 5.12. The van der Waals surface area contributed by atoms with Crippen LogP contribution in [-0.2, 0) is 6.42 Å². The van der Waals surface area contributed by atoms with E-state index in [0.717, 1.165) is 37.1 Å². The number of anilines is 1. The molecule has 0 atom stereocenters. The molecule has 1 amide bonds. The molecular formula is C18H24N4O2. The fourth-order valence-corrected chi connectivity index (χ4v) is 2.13. The molecule has 2 aromatic rings. The molecule has 1 aromatic heterocycles. The number of ether oxygens (including phenoxy) is 1. The molecule has 128 valence electrons. The molecule has 6 heteroatoms. The van der Waals surface area contributed by atoms with Crippen LogP contribution in [0.25, 0.3) is 0 Å². The van der Waals surface area contributed by atoms with Gasteiger partial charge in [0.2, 0.25) is 5.95 Å². The van der Waals surface area contributed by atoms with Crippen LogP contribution < -0.4 is 15.4 Å². The van der Waals surface area contributed by atoms with Crippen LogP contribution in [0.1, 0.15) is 35.7 Å².